The summed E-state index contributed by atoms with van der Waals surface area (Å²) in [6.45, 7) is 3.25. The highest BCUT2D eigenvalue weighted by atomic mass is 16.6. The first-order chi connectivity index (χ1) is 9.29. The largest absolute Gasteiger partial charge is 0.486 e. The Morgan fingerprint density at radius 2 is 2.11 bits per heavy atom. The van der Waals surface area contributed by atoms with Crippen LogP contribution in [0.3, 0.4) is 0 Å². The first-order valence-corrected chi connectivity index (χ1v) is 6.47. The van der Waals surface area contributed by atoms with Crippen molar-refractivity contribution >= 4 is 0 Å². The molecule has 2 aromatic rings. The predicted molar refractivity (Wildman–Crippen MR) is 71.8 cm³/mol. The van der Waals surface area contributed by atoms with Gasteiger partial charge in [0.2, 0.25) is 0 Å². The van der Waals surface area contributed by atoms with Crippen LogP contribution in [0.4, 0.5) is 0 Å². The van der Waals surface area contributed by atoms with E-state index in [1.165, 1.54) is 0 Å². The fraction of sp³-hybridized carbons (Fsp3) is 0.357. The molecule has 3 rings (SSSR count). The number of fused-ring (bicyclic) bond motifs is 1. The molecule has 0 aliphatic carbocycles. The van der Waals surface area contributed by atoms with Gasteiger partial charge in [0.15, 0.2) is 11.5 Å². The molecule has 1 aromatic heterocycles. The number of benzene rings is 1. The highest BCUT2D eigenvalue weighted by Gasteiger charge is 2.15. The number of nitrogens with zero attached hydrogens (tertiary/aromatic N) is 2. The van der Waals surface area contributed by atoms with E-state index in [0.29, 0.717) is 13.2 Å². The molecule has 0 radical (unpaired) electrons. The second kappa shape index (κ2) is 4.93. The van der Waals surface area contributed by atoms with Crippen LogP contribution in [0.5, 0.6) is 11.5 Å². The van der Waals surface area contributed by atoms with Crippen LogP contribution in [-0.4, -0.2) is 22.8 Å². The van der Waals surface area contributed by atoms with E-state index in [1.54, 1.807) is 6.33 Å². The van der Waals surface area contributed by atoms with Crippen molar-refractivity contribution in [1.82, 2.24) is 9.55 Å². The number of nitrogens with two attached hydrogens (primary N) is 1. The van der Waals surface area contributed by atoms with Crippen LogP contribution in [0.25, 0.3) is 5.69 Å². The molecule has 0 saturated carbocycles. The van der Waals surface area contributed by atoms with Crippen LogP contribution in [-0.2, 0) is 0 Å². The van der Waals surface area contributed by atoms with Gasteiger partial charge in [-0.05, 0) is 18.6 Å². The summed E-state index contributed by atoms with van der Waals surface area (Å²) in [4.78, 5) is 4.19. The van der Waals surface area contributed by atoms with Gasteiger partial charge in [-0.1, -0.05) is 6.92 Å². The molecule has 2 heterocycles. The van der Waals surface area contributed by atoms with Crippen molar-refractivity contribution in [1.29, 1.82) is 0 Å². The maximum atomic E-state index is 6.10. The van der Waals surface area contributed by atoms with E-state index in [2.05, 4.69) is 11.9 Å². The average molecular weight is 259 g/mol. The summed E-state index contributed by atoms with van der Waals surface area (Å²) in [6, 6.07) is 5.85. The molecule has 2 N–H and O–H groups in total. The molecule has 0 fully saturated rings. The lowest BCUT2D eigenvalue weighted by atomic mass is 10.1. The van der Waals surface area contributed by atoms with E-state index in [-0.39, 0.29) is 6.04 Å². The Kier molecular flexibility index (Phi) is 3.13. The number of ether oxygens (including phenoxy) is 2. The van der Waals surface area contributed by atoms with Crippen molar-refractivity contribution < 1.29 is 9.47 Å². The molecule has 1 aliphatic rings. The Hall–Kier alpha value is -2.01. The van der Waals surface area contributed by atoms with Gasteiger partial charge in [-0.2, -0.15) is 0 Å². The molecule has 19 heavy (non-hydrogen) atoms. The third kappa shape index (κ3) is 2.17. The average Bonchev–Trinajstić information content (AvgIpc) is 2.95. The summed E-state index contributed by atoms with van der Waals surface area (Å²) in [5, 5.41) is 0. The molecule has 1 aromatic carbocycles. The summed E-state index contributed by atoms with van der Waals surface area (Å²) < 4.78 is 13.1. The van der Waals surface area contributed by atoms with Crippen molar-refractivity contribution in [3.63, 3.8) is 0 Å². The zero-order chi connectivity index (χ0) is 13.2. The predicted octanol–water partition coefficient (Wildman–Crippen LogP) is 2.05. The van der Waals surface area contributed by atoms with Crippen molar-refractivity contribution in [3.8, 4) is 17.2 Å². The summed E-state index contributed by atoms with van der Waals surface area (Å²) in [5.74, 6) is 1.56. The number of rotatable bonds is 3. The van der Waals surface area contributed by atoms with E-state index >= 15 is 0 Å². The molecule has 1 atom stereocenters. The molecule has 0 unspecified atom stereocenters. The first kappa shape index (κ1) is 12.0. The summed E-state index contributed by atoms with van der Waals surface area (Å²) in [7, 11) is 0. The van der Waals surface area contributed by atoms with Gasteiger partial charge in [0.05, 0.1) is 23.9 Å². The fourth-order valence-electron chi connectivity index (χ4n) is 2.19. The highest BCUT2D eigenvalue weighted by molar-refractivity contribution is 5.50. The van der Waals surface area contributed by atoms with Crippen molar-refractivity contribution in [2.24, 2.45) is 5.73 Å². The van der Waals surface area contributed by atoms with Gasteiger partial charge in [0.1, 0.15) is 13.2 Å². The van der Waals surface area contributed by atoms with E-state index in [0.717, 1.165) is 29.3 Å². The van der Waals surface area contributed by atoms with Gasteiger partial charge in [0, 0.05) is 12.1 Å². The van der Waals surface area contributed by atoms with Crippen LogP contribution >= 0.6 is 0 Å². The summed E-state index contributed by atoms with van der Waals surface area (Å²) in [5.41, 5.74) is 8.08. The third-order valence-corrected chi connectivity index (χ3v) is 3.29. The topological polar surface area (TPSA) is 62.3 Å². The Balaban J connectivity index is 2.00. The maximum Gasteiger partial charge on any atom is 0.163 e. The van der Waals surface area contributed by atoms with Gasteiger partial charge in [-0.25, -0.2) is 4.98 Å². The molecule has 100 valence electrons. The van der Waals surface area contributed by atoms with Crippen molar-refractivity contribution in [2.75, 3.05) is 13.2 Å². The van der Waals surface area contributed by atoms with Gasteiger partial charge in [0.25, 0.3) is 0 Å². The van der Waals surface area contributed by atoms with Crippen LogP contribution in [0.15, 0.2) is 30.7 Å². The Morgan fingerprint density at radius 1 is 1.32 bits per heavy atom. The lowest BCUT2D eigenvalue weighted by Gasteiger charge is -2.20. The smallest absolute Gasteiger partial charge is 0.163 e. The molecule has 0 amide bonds. The number of imidazole rings is 1. The van der Waals surface area contributed by atoms with E-state index in [9.17, 15) is 0 Å². The third-order valence-electron chi connectivity index (χ3n) is 3.29. The Bertz CT molecular complexity index is 580. The quantitative estimate of drug-likeness (QED) is 0.916. The molecule has 0 spiro atoms. The van der Waals surface area contributed by atoms with Gasteiger partial charge >= 0.3 is 0 Å². The van der Waals surface area contributed by atoms with Crippen LogP contribution in [0.2, 0.25) is 0 Å². The number of hydrogen-bond donors (Lipinski definition) is 1. The molecule has 1 aliphatic heterocycles. The van der Waals surface area contributed by atoms with Crippen LogP contribution in [0.1, 0.15) is 25.1 Å². The van der Waals surface area contributed by atoms with E-state index in [4.69, 9.17) is 15.2 Å². The number of aromatic nitrogens is 2. The SMILES string of the molecule is CC[C@@H](N)c1cncn1-c1ccc2c(c1)OCCO2. The Morgan fingerprint density at radius 3 is 2.89 bits per heavy atom. The molecule has 5 nitrogen and oxygen atoms in total. The lowest BCUT2D eigenvalue weighted by Crippen LogP contribution is -2.16. The number of hydrogen-bond acceptors (Lipinski definition) is 4. The summed E-state index contributed by atoms with van der Waals surface area (Å²) >= 11 is 0. The molecule has 0 saturated heterocycles. The zero-order valence-corrected chi connectivity index (χ0v) is 10.9. The molecular weight excluding hydrogens is 242 g/mol. The van der Waals surface area contributed by atoms with Gasteiger partial charge in [-0.3, -0.25) is 0 Å². The van der Waals surface area contributed by atoms with Gasteiger partial charge in [-0.15, -0.1) is 0 Å². The minimum atomic E-state index is -0.0179. The van der Waals surface area contributed by atoms with Crippen molar-refractivity contribution in [2.45, 2.75) is 19.4 Å². The van der Waals surface area contributed by atoms with Gasteiger partial charge < -0.3 is 19.8 Å². The Labute approximate surface area is 112 Å². The highest BCUT2D eigenvalue weighted by Crippen LogP contribution is 2.32. The molecule has 5 heteroatoms. The first-order valence-electron chi connectivity index (χ1n) is 6.47. The minimum absolute atomic E-state index is 0.0179. The van der Waals surface area contributed by atoms with Crippen LogP contribution in [0, 0.1) is 0 Å². The molecule has 0 bridgehead atoms. The van der Waals surface area contributed by atoms with Crippen LogP contribution < -0.4 is 15.2 Å². The fourth-order valence-corrected chi connectivity index (χ4v) is 2.19. The lowest BCUT2D eigenvalue weighted by molar-refractivity contribution is 0.171. The van der Waals surface area contributed by atoms with E-state index in [1.807, 2.05) is 29.0 Å². The minimum Gasteiger partial charge on any atom is -0.486 e. The monoisotopic (exact) mass is 259 g/mol. The second-order valence-corrected chi connectivity index (χ2v) is 4.53. The zero-order valence-electron chi connectivity index (χ0n) is 10.9. The maximum absolute atomic E-state index is 6.10. The standard InChI is InChI=1S/C14H17N3O2/c1-2-11(15)12-8-16-9-17(12)10-3-4-13-14(7-10)19-6-5-18-13/h3-4,7-9,11H,2,5-6,15H2,1H3/t11-/m1/s1. The van der Waals surface area contributed by atoms with E-state index < -0.39 is 0 Å². The molecular formula is C14H17N3O2. The second-order valence-electron chi connectivity index (χ2n) is 4.53. The summed E-state index contributed by atoms with van der Waals surface area (Å²) in [6.07, 6.45) is 4.46. The normalized spacial score (nSPS) is 15.3. The van der Waals surface area contributed by atoms with Crippen molar-refractivity contribution in [3.05, 3.63) is 36.4 Å².